The van der Waals surface area contributed by atoms with Gasteiger partial charge in [0.2, 0.25) is 0 Å². The van der Waals surface area contributed by atoms with Crippen molar-refractivity contribution in [2.75, 3.05) is 36.0 Å². The molecule has 6 heteroatoms. The highest BCUT2D eigenvalue weighted by Crippen LogP contribution is 2.36. The summed E-state index contributed by atoms with van der Waals surface area (Å²) >= 11 is 0. The minimum absolute atomic E-state index is 0.693. The molecule has 1 aromatic carbocycles. The van der Waals surface area contributed by atoms with E-state index in [0.717, 1.165) is 49.7 Å². The summed E-state index contributed by atoms with van der Waals surface area (Å²) in [4.78, 5) is 18.5. The first-order valence-corrected chi connectivity index (χ1v) is 9.04. The van der Waals surface area contributed by atoms with Crippen molar-refractivity contribution < 1.29 is 0 Å². The van der Waals surface area contributed by atoms with Gasteiger partial charge in [-0.1, -0.05) is 18.2 Å². The molecule has 128 valence electrons. The molecule has 4 heterocycles. The van der Waals surface area contributed by atoms with Crippen LogP contribution in [-0.2, 0) is 6.54 Å². The van der Waals surface area contributed by atoms with Crippen LogP contribution in [0, 0.1) is 11.8 Å². The highest BCUT2D eigenvalue weighted by atomic mass is 15.3. The molecule has 3 aromatic rings. The molecular formula is C19H22N6. The Bertz CT molecular complexity index is 875. The Kier molecular flexibility index (Phi) is 3.36. The third-order valence-electron chi connectivity index (χ3n) is 5.63. The van der Waals surface area contributed by atoms with Gasteiger partial charge < -0.3 is 14.4 Å². The lowest BCUT2D eigenvalue weighted by Crippen LogP contribution is -2.29. The minimum atomic E-state index is 0.693. The fourth-order valence-electron chi connectivity index (χ4n) is 4.35. The highest BCUT2D eigenvalue weighted by Gasteiger charge is 2.41. The van der Waals surface area contributed by atoms with Gasteiger partial charge in [-0.15, -0.1) is 0 Å². The zero-order valence-electron chi connectivity index (χ0n) is 14.4. The number of nitrogens with zero attached hydrogens (tertiary/aromatic N) is 6. The molecule has 2 saturated heterocycles. The average Bonchev–Trinajstić information content (AvgIpc) is 3.34. The van der Waals surface area contributed by atoms with E-state index in [-0.39, 0.29) is 0 Å². The van der Waals surface area contributed by atoms with Gasteiger partial charge in [-0.3, -0.25) is 0 Å². The fraction of sp³-hybridized carbons (Fsp3) is 0.421. The van der Waals surface area contributed by atoms with Crippen LogP contribution in [0.2, 0.25) is 0 Å². The first kappa shape index (κ1) is 14.7. The van der Waals surface area contributed by atoms with Crippen LogP contribution in [0.4, 0.5) is 11.5 Å². The van der Waals surface area contributed by atoms with E-state index in [4.69, 9.17) is 0 Å². The van der Waals surface area contributed by atoms with Crippen molar-refractivity contribution in [3.05, 3.63) is 43.0 Å². The van der Waals surface area contributed by atoms with Crippen LogP contribution in [0.15, 0.2) is 43.0 Å². The van der Waals surface area contributed by atoms with Crippen LogP contribution >= 0.6 is 0 Å². The van der Waals surface area contributed by atoms with Crippen molar-refractivity contribution in [2.24, 2.45) is 11.8 Å². The predicted molar refractivity (Wildman–Crippen MR) is 98.8 cm³/mol. The first-order valence-electron chi connectivity index (χ1n) is 9.04. The Balaban J connectivity index is 1.37. The summed E-state index contributed by atoms with van der Waals surface area (Å²) in [6.07, 6.45) is 3.55. The monoisotopic (exact) mass is 334 g/mol. The van der Waals surface area contributed by atoms with Gasteiger partial charge in [-0.25, -0.2) is 15.0 Å². The van der Waals surface area contributed by atoms with Crippen LogP contribution in [0.1, 0.15) is 6.92 Å². The molecular weight excluding hydrogens is 312 g/mol. The Labute approximate surface area is 147 Å². The summed E-state index contributed by atoms with van der Waals surface area (Å²) in [7, 11) is 0. The molecule has 0 amide bonds. The molecule has 0 bridgehead atoms. The van der Waals surface area contributed by atoms with Gasteiger partial charge in [-0.05, 0) is 19.1 Å². The van der Waals surface area contributed by atoms with Crippen LogP contribution in [0.25, 0.3) is 11.2 Å². The molecule has 2 aromatic heterocycles. The molecule has 5 rings (SSSR count). The summed E-state index contributed by atoms with van der Waals surface area (Å²) in [5.74, 6) is 2.38. The summed E-state index contributed by atoms with van der Waals surface area (Å²) in [6.45, 7) is 7.36. The molecule has 0 N–H and O–H groups in total. The second-order valence-electron chi connectivity index (χ2n) is 7.07. The Morgan fingerprint density at radius 2 is 1.64 bits per heavy atom. The number of benzene rings is 1. The lowest BCUT2D eigenvalue weighted by Gasteiger charge is -2.23. The number of anilines is 2. The zero-order chi connectivity index (χ0) is 16.8. The van der Waals surface area contributed by atoms with Gasteiger partial charge in [0, 0.05) is 50.2 Å². The first-order chi connectivity index (χ1) is 12.3. The number of fused-ring (bicyclic) bond motifs is 2. The van der Waals surface area contributed by atoms with E-state index in [0.29, 0.717) is 11.8 Å². The van der Waals surface area contributed by atoms with Crippen LogP contribution < -0.4 is 9.80 Å². The molecule has 2 aliphatic rings. The van der Waals surface area contributed by atoms with E-state index in [9.17, 15) is 0 Å². The van der Waals surface area contributed by atoms with Gasteiger partial charge in [0.15, 0.2) is 17.0 Å². The zero-order valence-corrected chi connectivity index (χ0v) is 14.4. The number of aryl methyl sites for hydroxylation is 1. The number of hydrogen-bond donors (Lipinski definition) is 0. The number of hydrogen-bond acceptors (Lipinski definition) is 5. The van der Waals surface area contributed by atoms with E-state index in [1.807, 2.05) is 6.33 Å². The van der Waals surface area contributed by atoms with Crippen molar-refractivity contribution in [3.63, 3.8) is 0 Å². The van der Waals surface area contributed by atoms with Gasteiger partial charge in [-0.2, -0.15) is 0 Å². The molecule has 0 spiro atoms. The van der Waals surface area contributed by atoms with Gasteiger partial charge in [0.05, 0.1) is 6.33 Å². The van der Waals surface area contributed by atoms with Crippen molar-refractivity contribution in [1.29, 1.82) is 0 Å². The Morgan fingerprint density at radius 3 is 2.36 bits per heavy atom. The maximum Gasteiger partial charge on any atom is 0.165 e. The van der Waals surface area contributed by atoms with Gasteiger partial charge in [0.1, 0.15) is 6.33 Å². The summed E-state index contributed by atoms with van der Waals surface area (Å²) in [6, 6.07) is 10.8. The van der Waals surface area contributed by atoms with E-state index in [1.54, 1.807) is 6.33 Å². The van der Waals surface area contributed by atoms with Crippen molar-refractivity contribution in [1.82, 2.24) is 19.5 Å². The SMILES string of the molecule is CCn1cnc2c(N3CC4CN(c5ccccc5)CC4C3)ncnc21. The molecule has 25 heavy (non-hydrogen) atoms. The Hall–Kier alpha value is -2.63. The molecule has 0 aliphatic carbocycles. The highest BCUT2D eigenvalue weighted by molar-refractivity contribution is 5.83. The van der Waals surface area contributed by atoms with Crippen molar-refractivity contribution in [2.45, 2.75) is 13.5 Å². The standard InChI is InChI=1S/C19H22N6/c1-2-23-13-22-17-18(23)20-12-21-19(17)25-10-14-8-24(9-15(14)11-25)16-6-4-3-5-7-16/h3-7,12-15H,2,8-11H2,1H3. The topological polar surface area (TPSA) is 50.1 Å². The van der Waals surface area contributed by atoms with Crippen molar-refractivity contribution >= 4 is 22.7 Å². The number of aromatic nitrogens is 4. The third-order valence-corrected chi connectivity index (χ3v) is 5.63. The second kappa shape index (κ2) is 5.72. The summed E-state index contributed by atoms with van der Waals surface area (Å²) < 4.78 is 2.08. The molecule has 6 nitrogen and oxygen atoms in total. The van der Waals surface area contributed by atoms with E-state index >= 15 is 0 Å². The molecule has 2 unspecified atom stereocenters. The van der Waals surface area contributed by atoms with Gasteiger partial charge in [0.25, 0.3) is 0 Å². The van der Waals surface area contributed by atoms with Crippen LogP contribution in [0.5, 0.6) is 0 Å². The Morgan fingerprint density at radius 1 is 0.920 bits per heavy atom. The molecule has 2 atom stereocenters. The molecule has 0 saturated carbocycles. The quantitative estimate of drug-likeness (QED) is 0.736. The maximum absolute atomic E-state index is 4.58. The smallest absolute Gasteiger partial charge is 0.165 e. The second-order valence-corrected chi connectivity index (χ2v) is 7.07. The third kappa shape index (κ3) is 2.35. The summed E-state index contributed by atoms with van der Waals surface area (Å²) in [5, 5.41) is 0. The average molecular weight is 334 g/mol. The minimum Gasteiger partial charge on any atom is -0.371 e. The maximum atomic E-state index is 4.58. The van der Waals surface area contributed by atoms with Crippen LogP contribution in [-0.4, -0.2) is 45.7 Å². The van der Waals surface area contributed by atoms with E-state index in [1.165, 1.54) is 5.69 Å². The predicted octanol–water partition coefficient (Wildman–Crippen LogP) is 2.42. The molecule has 2 fully saturated rings. The van der Waals surface area contributed by atoms with E-state index < -0.39 is 0 Å². The normalized spacial score (nSPS) is 22.8. The number of rotatable bonds is 3. The largest absolute Gasteiger partial charge is 0.371 e. The van der Waals surface area contributed by atoms with E-state index in [2.05, 4.69) is 66.6 Å². The molecule has 0 radical (unpaired) electrons. The lowest BCUT2D eigenvalue weighted by molar-refractivity contribution is 0.533. The van der Waals surface area contributed by atoms with Crippen LogP contribution in [0.3, 0.4) is 0 Å². The number of imidazole rings is 1. The van der Waals surface area contributed by atoms with Gasteiger partial charge >= 0.3 is 0 Å². The number of para-hydroxylation sites is 1. The fourth-order valence-corrected chi connectivity index (χ4v) is 4.35. The van der Waals surface area contributed by atoms with Crippen molar-refractivity contribution in [3.8, 4) is 0 Å². The molecule has 2 aliphatic heterocycles. The summed E-state index contributed by atoms with van der Waals surface area (Å²) in [5.41, 5.74) is 3.22. The lowest BCUT2D eigenvalue weighted by atomic mass is 10.0.